The van der Waals surface area contributed by atoms with E-state index in [0.29, 0.717) is 27.3 Å². The van der Waals surface area contributed by atoms with E-state index in [0.717, 1.165) is 12.8 Å². The lowest BCUT2D eigenvalue weighted by Crippen LogP contribution is -2.27. The molecule has 2 atom stereocenters. The number of benzene rings is 1. The molecule has 1 aliphatic rings. The summed E-state index contributed by atoms with van der Waals surface area (Å²) in [4.78, 5) is 38.1. The Morgan fingerprint density at radius 1 is 1.24 bits per heavy atom. The van der Waals surface area contributed by atoms with Gasteiger partial charge < -0.3 is 10.6 Å². The van der Waals surface area contributed by atoms with Crippen LogP contribution < -0.4 is 16.2 Å². The molecule has 2 N–H and O–H groups in total. The van der Waals surface area contributed by atoms with Gasteiger partial charge in [0.25, 0.3) is 5.56 Å². The summed E-state index contributed by atoms with van der Waals surface area (Å²) in [5.74, 6) is -0.132. The molecule has 9 nitrogen and oxygen atoms in total. The number of aromatic nitrogens is 4. The first-order valence-electron chi connectivity index (χ1n) is 10.9. The highest BCUT2D eigenvalue weighted by Crippen LogP contribution is 2.30. The number of hydrogen-bond donors (Lipinski definition) is 2. The van der Waals surface area contributed by atoms with Gasteiger partial charge in [-0.05, 0) is 44.7 Å². The van der Waals surface area contributed by atoms with Crippen LogP contribution in [-0.4, -0.2) is 36.6 Å². The number of hydrogen-bond acceptors (Lipinski definition) is 7. The summed E-state index contributed by atoms with van der Waals surface area (Å²) < 4.78 is 3.79. The Labute approximate surface area is 205 Å². The highest BCUT2D eigenvalue weighted by Gasteiger charge is 2.23. The lowest BCUT2D eigenvalue weighted by molar-refractivity contribution is -0.117. The van der Waals surface area contributed by atoms with E-state index in [-0.39, 0.29) is 29.0 Å². The molecule has 2 aromatic heterocycles. The third-order valence-electron chi connectivity index (χ3n) is 5.66. The number of rotatable bonds is 8. The van der Waals surface area contributed by atoms with Crippen LogP contribution in [0.3, 0.4) is 0 Å². The molecule has 4 rings (SSSR count). The van der Waals surface area contributed by atoms with Crippen LogP contribution in [0.1, 0.15) is 31.9 Å². The number of carbonyl (C=O) groups is 2. The molecular weight excluding hydrogens is 472 g/mol. The number of amides is 2. The van der Waals surface area contributed by atoms with Crippen molar-refractivity contribution in [3.63, 3.8) is 0 Å². The van der Waals surface area contributed by atoms with Gasteiger partial charge in [-0.2, -0.15) is 0 Å². The topological polar surface area (TPSA) is 111 Å². The normalized spacial score (nSPS) is 15.9. The molecule has 1 aliphatic carbocycles. The molecule has 178 valence electrons. The Bertz CT molecular complexity index is 1280. The third kappa shape index (κ3) is 5.31. The maximum absolute atomic E-state index is 13.0. The first-order chi connectivity index (χ1) is 16.3. The largest absolute Gasteiger partial charge is 0.319 e. The average Bonchev–Trinajstić information content (AvgIpc) is 3.53. The number of para-hydroxylation sites is 1. The standard InChI is InChI=1S/C23H26N6O3S2/c1-14-19(21(32)29(28(14)3)17-11-5-4-6-12-17)25-20(31)15(2)33-23-27-26-22(34-23)24-18(30)13-16-9-7-8-10-16/h4-7,9,11-12,15-16H,8,10,13H2,1-3H3,(H,25,31)(H,24,26,30)/t15-,16-/m0/s1. The van der Waals surface area contributed by atoms with Crippen molar-refractivity contribution in [2.45, 2.75) is 42.7 Å². The van der Waals surface area contributed by atoms with E-state index < -0.39 is 5.25 Å². The molecule has 0 bridgehead atoms. The number of anilines is 2. The van der Waals surface area contributed by atoms with Crippen LogP contribution in [0.4, 0.5) is 10.8 Å². The molecule has 0 spiro atoms. The first kappa shape index (κ1) is 24.0. The number of carbonyl (C=O) groups excluding carboxylic acids is 2. The van der Waals surface area contributed by atoms with E-state index in [2.05, 4.69) is 33.0 Å². The fraction of sp³-hybridized carbons (Fsp3) is 0.348. The minimum absolute atomic E-state index is 0.0933. The molecule has 3 aromatic rings. The molecule has 1 aromatic carbocycles. The molecular formula is C23H26N6O3S2. The summed E-state index contributed by atoms with van der Waals surface area (Å²) in [6, 6.07) is 9.25. The molecule has 0 unspecified atom stereocenters. The van der Waals surface area contributed by atoms with Crippen LogP contribution >= 0.6 is 23.1 Å². The maximum Gasteiger partial charge on any atom is 0.295 e. The zero-order valence-electron chi connectivity index (χ0n) is 19.1. The van der Waals surface area contributed by atoms with Gasteiger partial charge in [-0.15, -0.1) is 10.2 Å². The smallest absolute Gasteiger partial charge is 0.295 e. The number of allylic oxidation sites excluding steroid dienone is 2. The summed E-state index contributed by atoms with van der Waals surface area (Å²) in [5.41, 5.74) is 1.32. The van der Waals surface area contributed by atoms with Crippen molar-refractivity contribution < 1.29 is 9.59 Å². The summed E-state index contributed by atoms with van der Waals surface area (Å²) in [6.07, 6.45) is 6.60. The Kier molecular flexibility index (Phi) is 7.32. The molecule has 2 amide bonds. The highest BCUT2D eigenvalue weighted by molar-refractivity contribution is 8.02. The van der Waals surface area contributed by atoms with Crippen molar-refractivity contribution in [1.29, 1.82) is 0 Å². The van der Waals surface area contributed by atoms with E-state index in [1.807, 2.05) is 30.3 Å². The Balaban J connectivity index is 1.38. The van der Waals surface area contributed by atoms with Crippen LogP contribution in [0.15, 0.2) is 51.6 Å². The summed E-state index contributed by atoms with van der Waals surface area (Å²) in [5, 5.41) is 13.5. The Morgan fingerprint density at radius 3 is 2.71 bits per heavy atom. The van der Waals surface area contributed by atoms with Crippen molar-refractivity contribution in [3.8, 4) is 5.69 Å². The van der Waals surface area contributed by atoms with Gasteiger partial charge in [0.15, 0.2) is 4.34 Å². The van der Waals surface area contributed by atoms with Gasteiger partial charge >= 0.3 is 0 Å². The van der Waals surface area contributed by atoms with Crippen LogP contribution in [-0.2, 0) is 16.6 Å². The molecule has 0 radical (unpaired) electrons. The third-order valence-corrected chi connectivity index (χ3v) is 7.68. The van der Waals surface area contributed by atoms with Crippen molar-refractivity contribution in [2.24, 2.45) is 13.0 Å². The SMILES string of the molecule is Cc1c(NC(=O)[C@H](C)Sc2nnc(NC(=O)C[C@H]3C=CCC3)s2)c(=O)n(-c2ccccc2)n1C. The molecule has 11 heteroatoms. The second-order valence-corrected chi connectivity index (χ2v) is 10.6. The Hall–Kier alpha value is -3.18. The van der Waals surface area contributed by atoms with Gasteiger partial charge in [-0.3, -0.25) is 19.1 Å². The van der Waals surface area contributed by atoms with Gasteiger partial charge in [-0.25, -0.2) is 4.68 Å². The predicted molar refractivity (Wildman–Crippen MR) is 135 cm³/mol. The second-order valence-electron chi connectivity index (χ2n) is 8.08. The minimum atomic E-state index is -0.524. The lowest BCUT2D eigenvalue weighted by Gasteiger charge is -2.09. The number of nitrogens with one attached hydrogen (secondary N) is 2. The highest BCUT2D eigenvalue weighted by atomic mass is 32.2. The van der Waals surface area contributed by atoms with Gasteiger partial charge in [0.1, 0.15) is 5.69 Å². The zero-order chi connectivity index (χ0) is 24.2. The molecule has 0 fully saturated rings. The fourth-order valence-corrected chi connectivity index (χ4v) is 5.64. The van der Waals surface area contributed by atoms with Crippen molar-refractivity contribution in [2.75, 3.05) is 10.6 Å². The molecule has 2 heterocycles. The number of thioether (sulfide) groups is 1. The van der Waals surface area contributed by atoms with Gasteiger partial charge in [0.2, 0.25) is 16.9 Å². The predicted octanol–water partition coefficient (Wildman–Crippen LogP) is 3.75. The maximum atomic E-state index is 13.0. The van der Waals surface area contributed by atoms with Crippen molar-refractivity contribution >= 4 is 45.7 Å². The molecule has 34 heavy (non-hydrogen) atoms. The van der Waals surface area contributed by atoms with Crippen LogP contribution in [0, 0.1) is 12.8 Å². The van der Waals surface area contributed by atoms with E-state index in [9.17, 15) is 14.4 Å². The Morgan fingerprint density at radius 2 is 2.00 bits per heavy atom. The minimum Gasteiger partial charge on any atom is -0.319 e. The van der Waals surface area contributed by atoms with Crippen LogP contribution in [0.2, 0.25) is 0 Å². The molecule has 0 saturated carbocycles. The zero-order valence-corrected chi connectivity index (χ0v) is 20.8. The first-order valence-corrected chi connectivity index (χ1v) is 12.6. The summed E-state index contributed by atoms with van der Waals surface area (Å²) in [6.45, 7) is 3.52. The molecule has 0 saturated heterocycles. The molecule has 0 aliphatic heterocycles. The van der Waals surface area contributed by atoms with E-state index in [1.54, 1.807) is 25.6 Å². The fourth-order valence-electron chi connectivity index (χ4n) is 3.72. The van der Waals surface area contributed by atoms with Crippen LogP contribution in [0.25, 0.3) is 5.69 Å². The van der Waals surface area contributed by atoms with Crippen molar-refractivity contribution in [3.05, 3.63) is 58.5 Å². The van der Waals surface area contributed by atoms with E-state index in [1.165, 1.54) is 27.8 Å². The quantitative estimate of drug-likeness (QED) is 0.278. The van der Waals surface area contributed by atoms with E-state index in [4.69, 9.17) is 0 Å². The van der Waals surface area contributed by atoms with Gasteiger partial charge in [-0.1, -0.05) is 53.4 Å². The summed E-state index contributed by atoms with van der Waals surface area (Å²) >= 11 is 2.45. The monoisotopic (exact) mass is 498 g/mol. The van der Waals surface area contributed by atoms with Crippen LogP contribution in [0.5, 0.6) is 0 Å². The van der Waals surface area contributed by atoms with Gasteiger partial charge in [0, 0.05) is 13.5 Å². The second kappa shape index (κ2) is 10.4. The number of nitrogens with zero attached hydrogens (tertiary/aromatic N) is 4. The lowest BCUT2D eigenvalue weighted by atomic mass is 10.1. The summed E-state index contributed by atoms with van der Waals surface area (Å²) in [7, 11) is 1.78. The average molecular weight is 499 g/mol. The van der Waals surface area contributed by atoms with E-state index >= 15 is 0 Å². The van der Waals surface area contributed by atoms with Crippen molar-refractivity contribution in [1.82, 2.24) is 19.6 Å². The van der Waals surface area contributed by atoms with Gasteiger partial charge in [0.05, 0.1) is 16.6 Å².